The highest BCUT2D eigenvalue weighted by molar-refractivity contribution is 5.98. The number of carbonyl (C=O) groups is 1. The fraction of sp³-hybridized carbons (Fsp3) is 0.417. The quantitative estimate of drug-likeness (QED) is 0.743. The van der Waals surface area contributed by atoms with Crippen LogP contribution >= 0.6 is 0 Å². The average Bonchev–Trinajstić information content (AvgIpc) is 2.55. The fourth-order valence-electron chi connectivity index (χ4n) is 1.97. The van der Waals surface area contributed by atoms with Crippen molar-refractivity contribution in [2.45, 2.75) is 19.1 Å². The van der Waals surface area contributed by atoms with Crippen LogP contribution in [0.1, 0.15) is 35.0 Å². The minimum Gasteiger partial charge on any atom is -0.396 e. The molecule has 0 radical (unpaired) electrons. The summed E-state index contributed by atoms with van der Waals surface area (Å²) >= 11 is 0. The van der Waals surface area contributed by atoms with Gasteiger partial charge in [-0.25, -0.2) is 0 Å². The summed E-state index contributed by atoms with van der Waals surface area (Å²) in [5, 5.41) is 18.6. The predicted molar refractivity (Wildman–Crippen MR) is 58.8 cm³/mol. The Hall–Kier alpha value is -1.39. The number of rotatable bonds is 4. The number of carbonyl (C=O) groups excluding carboxylic acids is 1. The number of hydrogen-bond donors (Lipinski definition) is 2. The normalized spacial score (nSPS) is 19.0. The van der Waals surface area contributed by atoms with E-state index in [4.69, 9.17) is 5.11 Å². The number of benzene rings is 1. The lowest BCUT2D eigenvalue weighted by Gasteiger charge is -2.20. The molecule has 1 aromatic rings. The summed E-state index contributed by atoms with van der Waals surface area (Å²) in [4.78, 5) is 13.3. The first-order chi connectivity index (χ1) is 7.75. The Labute approximate surface area is 94.1 Å². The molecule has 0 spiro atoms. The Bertz CT molecular complexity index is 392. The van der Waals surface area contributed by atoms with Crippen LogP contribution in [0.25, 0.3) is 0 Å². The van der Waals surface area contributed by atoms with E-state index in [0.29, 0.717) is 30.5 Å². The summed E-state index contributed by atoms with van der Waals surface area (Å²) < 4.78 is 0. The number of fused-ring (bicyclic) bond motifs is 1. The molecule has 0 aromatic heterocycles. The van der Waals surface area contributed by atoms with Crippen molar-refractivity contribution < 1.29 is 15.0 Å². The van der Waals surface area contributed by atoms with Crippen LogP contribution in [0.4, 0.5) is 0 Å². The third-order valence-corrected chi connectivity index (χ3v) is 2.83. The molecule has 16 heavy (non-hydrogen) atoms. The topological polar surface area (TPSA) is 60.8 Å². The molecule has 1 atom stereocenters. The van der Waals surface area contributed by atoms with Gasteiger partial charge in [-0.3, -0.25) is 4.79 Å². The van der Waals surface area contributed by atoms with Crippen molar-refractivity contribution in [3.05, 3.63) is 35.4 Å². The smallest absolute Gasteiger partial charge is 0.256 e. The molecular weight excluding hydrogens is 206 g/mol. The minimum atomic E-state index is -0.831. The first-order valence-corrected chi connectivity index (χ1v) is 5.44. The van der Waals surface area contributed by atoms with E-state index in [1.165, 1.54) is 4.90 Å². The average molecular weight is 221 g/mol. The molecular formula is C12H15NO3. The maximum Gasteiger partial charge on any atom is 0.256 e. The molecule has 1 unspecified atom stereocenters. The van der Waals surface area contributed by atoms with Crippen LogP contribution in [-0.2, 0) is 0 Å². The Morgan fingerprint density at radius 2 is 2.00 bits per heavy atom. The van der Waals surface area contributed by atoms with E-state index < -0.39 is 6.23 Å². The lowest BCUT2D eigenvalue weighted by atomic mass is 10.1. The van der Waals surface area contributed by atoms with Gasteiger partial charge >= 0.3 is 0 Å². The van der Waals surface area contributed by atoms with Crippen LogP contribution in [0.15, 0.2) is 24.3 Å². The predicted octanol–water partition coefficient (Wildman–Crippen LogP) is 0.906. The van der Waals surface area contributed by atoms with E-state index >= 15 is 0 Å². The second kappa shape index (κ2) is 4.63. The molecule has 0 saturated carbocycles. The highest BCUT2D eigenvalue weighted by Gasteiger charge is 2.34. The van der Waals surface area contributed by atoms with Crippen molar-refractivity contribution in [2.24, 2.45) is 0 Å². The second-order valence-electron chi connectivity index (χ2n) is 3.89. The molecule has 0 bridgehead atoms. The first kappa shape index (κ1) is 11.1. The molecule has 2 rings (SSSR count). The Morgan fingerprint density at radius 3 is 2.69 bits per heavy atom. The Balaban J connectivity index is 2.12. The van der Waals surface area contributed by atoms with E-state index in [1.807, 2.05) is 6.07 Å². The molecule has 1 heterocycles. The van der Waals surface area contributed by atoms with Crippen LogP contribution < -0.4 is 0 Å². The molecule has 4 heteroatoms. The van der Waals surface area contributed by atoms with Crippen LogP contribution in [0.5, 0.6) is 0 Å². The minimum absolute atomic E-state index is 0.116. The third-order valence-electron chi connectivity index (χ3n) is 2.83. The first-order valence-electron chi connectivity index (χ1n) is 5.44. The third kappa shape index (κ3) is 1.81. The molecule has 1 aliphatic rings. The van der Waals surface area contributed by atoms with Crippen molar-refractivity contribution in [3.63, 3.8) is 0 Å². The summed E-state index contributed by atoms with van der Waals surface area (Å²) in [6.07, 6.45) is 0.516. The zero-order valence-corrected chi connectivity index (χ0v) is 8.97. The van der Waals surface area contributed by atoms with Gasteiger partial charge in [0.2, 0.25) is 0 Å². The summed E-state index contributed by atoms with van der Waals surface area (Å²) in [7, 11) is 0. The van der Waals surface area contributed by atoms with E-state index in [0.717, 1.165) is 0 Å². The number of aliphatic hydroxyl groups excluding tert-OH is 2. The van der Waals surface area contributed by atoms with Gasteiger partial charge in [0.1, 0.15) is 0 Å². The van der Waals surface area contributed by atoms with Gasteiger partial charge in [-0.15, -0.1) is 0 Å². The summed E-state index contributed by atoms with van der Waals surface area (Å²) in [5.74, 6) is -0.124. The highest BCUT2D eigenvalue weighted by Crippen LogP contribution is 2.31. The van der Waals surface area contributed by atoms with Crippen molar-refractivity contribution in [1.29, 1.82) is 0 Å². The summed E-state index contributed by atoms with van der Waals surface area (Å²) in [6, 6.07) is 7.10. The molecule has 2 N–H and O–H groups in total. The van der Waals surface area contributed by atoms with Crippen molar-refractivity contribution >= 4 is 5.91 Å². The number of unbranched alkanes of at least 4 members (excludes halogenated alkanes) is 1. The maximum absolute atomic E-state index is 11.9. The zero-order valence-electron chi connectivity index (χ0n) is 8.97. The van der Waals surface area contributed by atoms with Gasteiger partial charge < -0.3 is 15.1 Å². The van der Waals surface area contributed by atoms with Gasteiger partial charge in [-0.05, 0) is 18.9 Å². The number of nitrogens with zero attached hydrogens (tertiary/aromatic N) is 1. The molecule has 1 aromatic carbocycles. The van der Waals surface area contributed by atoms with E-state index in [-0.39, 0.29) is 12.5 Å². The summed E-state index contributed by atoms with van der Waals surface area (Å²) in [5.41, 5.74) is 1.26. The van der Waals surface area contributed by atoms with Gasteiger partial charge in [0.05, 0.1) is 0 Å². The molecule has 0 saturated heterocycles. The monoisotopic (exact) mass is 221 g/mol. The number of hydrogen-bond acceptors (Lipinski definition) is 3. The molecule has 4 nitrogen and oxygen atoms in total. The molecule has 1 amide bonds. The Kier molecular flexibility index (Phi) is 3.22. The van der Waals surface area contributed by atoms with Crippen molar-refractivity contribution in [1.82, 2.24) is 4.90 Å². The Morgan fingerprint density at radius 1 is 1.25 bits per heavy atom. The lowest BCUT2D eigenvalue weighted by Crippen LogP contribution is -2.29. The molecule has 0 aliphatic carbocycles. The number of aliphatic hydroxyl groups is 2. The van der Waals surface area contributed by atoms with E-state index in [2.05, 4.69) is 0 Å². The molecule has 86 valence electrons. The lowest BCUT2D eigenvalue weighted by molar-refractivity contribution is 0.0165. The zero-order chi connectivity index (χ0) is 11.5. The highest BCUT2D eigenvalue weighted by atomic mass is 16.3. The summed E-state index contributed by atoms with van der Waals surface area (Å²) in [6.45, 7) is 0.598. The van der Waals surface area contributed by atoms with Crippen LogP contribution in [0.3, 0.4) is 0 Å². The van der Waals surface area contributed by atoms with Gasteiger partial charge in [-0.2, -0.15) is 0 Å². The van der Waals surface area contributed by atoms with E-state index in [9.17, 15) is 9.90 Å². The molecule has 0 fully saturated rings. The maximum atomic E-state index is 11.9. The fourth-order valence-corrected chi connectivity index (χ4v) is 1.97. The van der Waals surface area contributed by atoms with Gasteiger partial charge in [0.15, 0.2) is 6.23 Å². The van der Waals surface area contributed by atoms with Crippen molar-refractivity contribution in [2.75, 3.05) is 13.2 Å². The van der Waals surface area contributed by atoms with Crippen molar-refractivity contribution in [3.8, 4) is 0 Å². The SMILES string of the molecule is O=C1c2ccccc2C(O)N1CCCCO. The largest absolute Gasteiger partial charge is 0.396 e. The van der Waals surface area contributed by atoms with Crippen LogP contribution in [0.2, 0.25) is 0 Å². The standard InChI is InChI=1S/C12H15NO3/c14-8-4-3-7-13-11(15)9-5-1-2-6-10(9)12(13)16/h1-2,5-6,11,14-15H,3-4,7-8H2. The van der Waals surface area contributed by atoms with Gasteiger partial charge in [0, 0.05) is 24.3 Å². The van der Waals surface area contributed by atoms with Gasteiger partial charge in [0.25, 0.3) is 5.91 Å². The second-order valence-corrected chi connectivity index (χ2v) is 3.89. The van der Waals surface area contributed by atoms with Crippen LogP contribution in [0, 0.1) is 0 Å². The number of amides is 1. The van der Waals surface area contributed by atoms with Gasteiger partial charge in [-0.1, -0.05) is 18.2 Å². The van der Waals surface area contributed by atoms with Crippen LogP contribution in [-0.4, -0.2) is 34.2 Å². The van der Waals surface area contributed by atoms with E-state index in [1.54, 1.807) is 18.2 Å². The molecule has 1 aliphatic heterocycles.